The third kappa shape index (κ3) is 8.92. The molecule has 2 aliphatic heterocycles. The Labute approximate surface area is 319 Å². The van der Waals surface area contributed by atoms with Crippen molar-refractivity contribution >= 4 is 34.8 Å². The molecule has 8 rings (SSSR count). The summed E-state index contributed by atoms with van der Waals surface area (Å²) in [5.74, 6) is 2.15. The zero-order valence-corrected chi connectivity index (χ0v) is 31.6. The Hall–Kier alpha value is -3.24. The van der Waals surface area contributed by atoms with Gasteiger partial charge in [0.05, 0.1) is 11.2 Å². The fourth-order valence-corrected chi connectivity index (χ4v) is 8.95. The number of hydrogen-bond acceptors (Lipinski definition) is 8. The van der Waals surface area contributed by atoms with Crippen LogP contribution in [-0.2, 0) is 11.2 Å². The van der Waals surface area contributed by atoms with Crippen LogP contribution in [0, 0.1) is 0 Å². The van der Waals surface area contributed by atoms with E-state index in [9.17, 15) is 10.2 Å². The molecule has 0 spiro atoms. The standard InChI is InChI=1S/2C21H26ClN3O/c2*22-18-6-4-17(5-7-18)21(26)10-8-19(9-11-21)24-13-15-25(16-14-24)20-3-1-2-12-23-20/h2*1-7,12,19,26H,8-11,13-16H2/t19-,21+;19-,21-. The maximum Gasteiger partial charge on any atom is 0.128 e. The molecule has 2 N–H and O–H groups in total. The van der Waals surface area contributed by atoms with Crippen molar-refractivity contribution in [1.82, 2.24) is 19.8 Å². The molecule has 2 aromatic heterocycles. The molecule has 2 saturated carbocycles. The molecule has 0 radical (unpaired) electrons. The van der Waals surface area contributed by atoms with E-state index in [1.165, 1.54) is 0 Å². The molecule has 4 heterocycles. The number of pyridine rings is 2. The largest absolute Gasteiger partial charge is 0.385 e. The van der Waals surface area contributed by atoms with Gasteiger partial charge in [0.15, 0.2) is 0 Å². The highest BCUT2D eigenvalue weighted by atomic mass is 35.5. The summed E-state index contributed by atoms with van der Waals surface area (Å²) in [5.41, 5.74) is 0.605. The van der Waals surface area contributed by atoms with E-state index in [4.69, 9.17) is 23.2 Å². The van der Waals surface area contributed by atoms with Crippen molar-refractivity contribution in [3.8, 4) is 0 Å². The van der Waals surface area contributed by atoms with Crippen LogP contribution >= 0.6 is 23.2 Å². The Balaban J connectivity index is 0.000000162. The molecule has 0 amide bonds. The number of aromatic nitrogens is 2. The Kier molecular flexibility index (Phi) is 12.0. The molecule has 0 atom stereocenters. The van der Waals surface area contributed by atoms with Crippen LogP contribution in [0.2, 0.25) is 10.0 Å². The van der Waals surface area contributed by atoms with E-state index in [1.54, 1.807) is 0 Å². The molecule has 4 fully saturated rings. The van der Waals surface area contributed by atoms with Gasteiger partial charge >= 0.3 is 0 Å². The van der Waals surface area contributed by atoms with Gasteiger partial charge in [0.2, 0.25) is 0 Å². The van der Waals surface area contributed by atoms with Gasteiger partial charge in [0.1, 0.15) is 11.6 Å². The zero-order valence-electron chi connectivity index (χ0n) is 30.0. The summed E-state index contributed by atoms with van der Waals surface area (Å²) in [6.07, 6.45) is 11.2. The van der Waals surface area contributed by atoms with Crippen molar-refractivity contribution in [3.05, 3.63) is 118 Å². The normalized spacial score (nSPS) is 27.5. The molecule has 2 saturated heterocycles. The lowest BCUT2D eigenvalue weighted by atomic mass is 9.77. The SMILES string of the molecule is O[C@]1(c2ccc(Cl)cc2)CC[C@@H](N2CCN(c3ccccn3)CC2)CC1.O[C@]1(c2ccc(Cl)cc2)CC[C@H](N2CCN(c3ccccn3)CC2)CC1. The number of piperazine rings is 2. The van der Waals surface area contributed by atoms with E-state index in [-0.39, 0.29) is 0 Å². The Morgan fingerprint density at radius 3 is 1.13 bits per heavy atom. The fraction of sp³-hybridized carbons (Fsp3) is 0.476. The molecule has 2 aliphatic carbocycles. The van der Waals surface area contributed by atoms with Crippen molar-refractivity contribution in [2.75, 3.05) is 62.2 Å². The lowest BCUT2D eigenvalue weighted by Gasteiger charge is -2.44. The first-order valence-corrected chi connectivity index (χ1v) is 19.8. The van der Waals surface area contributed by atoms with Crippen LogP contribution < -0.4 is 9.80 Å². The van der Waals surface area contributed by atoms with Gasteiger partial charge in [-0.15, -0.1) is 0 Å². The number of rotatable bonds is 6. The van der Waals surface area contributed by atoms with Crippen molar-refractivity contribution in [2.24, 2.45) is 0 Å². The lowest BCUT2D eigenvalue weighted by Crippen LogP contribution is -2.52. The fourth-order valence-electron chi connectivity index (χ4n) is 8.70. The Morgan fingerprint density at radius 1 is 0.481 bits per heavy atom. The van der Waals surface area contributed by atoms with Crippen LogP contribution in [-0.4, -0.2) is 94.4 Å². The minimum atomic E-state index is -0.698. The van der Waals surface area contributed by atoms with Gasteiger partial charge in [0, 0.05) is 86.9 Å². The van der Waals surface area contributed by atoms with Crippen LogP contribution in [0.5, 0.6) is 0 Å². The second-order valence-corrected chi connectivity index (χ2v) is 15.8. The average molecular weight is 744 g/mol. The van der Waals surface area contributed by atoms with Crippen LogP contribution in [0.25, 0.3) is 0 Å². The molecular formula is C42H52Cl2N6O2. The van der Waals surface area contributed by atoms with Gasteiger partial charge in [-0.25, -0.2) is 9.97 Å². The second-order valence-electron chi connectivity index (χ2n) is 15.0. The maximum absolute atomic E-state index is 11.1. The van der Waals surface area contributed by atoms with E-state index in [0.29, 0.717) is 12.1 Å². The van der Waals surface area contributed by atoms with Crippen molar-refractivity contribution in [1.29, 1.82) is 0 Å². The van der Waals surface area contributed by atoms with Gasteiger partial charge in [0.25, 0.3) is 0 Å². The summed E-state index contributed by atoms with van der Waals surface area (Å²) in [4.78, 5) is 18.9. The van der Waals surface area contributed by atoms with Gasteiger partial charge in [-0.1, -0.05) is 59.6 Å². The quantitative estimate of drug-likeness (QED) is 0.212. The number of hydrogen-bond donors (Lipinski definition) is 2. The number of anilines is 2. The zero-order chi connectivity index (χ0) is 36.0. The molecule has 10 heteroatoms. The summed E-state index contributed by atoms with van der Waals surface area (Å²) in [6.45, 7) is 8.37. The summed E-state index contributed by atoms with van der Waals surface area (Å²) in [5, 5.41) is 23.6. The van der Waals surface area contributed by atoms with Gasteiger partial charge in [-0.3, -0.25) is 9.80 Å². The number of aliphatic hydroxyl groups is 2. The highest BCUT2D eigenvalue weighted by Crippen LogP contribution is 2.40. The van der Waals surface area contributed by atoms with E-state index in [1.807, 2.05) is 85.2 Å². The molecule has 8 nitrogen and oxygen atoms in total. The summed E-state index contributed by atoms with van der Waals surface area (Å²) < 4.78 is 0. The first-order valence-electron chi connectivity index (χ1n) is 19.0. The molecular weight excluding hydrogens is 691 g/mol. The van der Waals surface area contributed by atoms with Crippen LogP contribution in [0.3, 0.4) is 0 Å². The lowest BCUT2D eigenvalue weighted by molar-refractivity contribution is -0.0260. The number of nitrogens with zero attached hydrogens (tertiary/aromatic N) is 6. The van der Waals surface area contributed by atoms with Crippen LogP contribution in [0.4, 0.5) is 11.6 Å². The topological polar surface area (TPSA) is 79.2 Å². The highest BCUT2D eigenvalue weighted by molar-refractivity contribution is 6.30. The molecule has 0 bridgehead atoms. The molecule has 4 aliphatic rings. The average Bonchev–Trinajstić information content (AvgIpc) is 3.20. The van der Waals surface area contributed by atoms with Crippen LogP contribution in [0.15, 0.2) is 97.3 Å². The summed E-state index contributed by atoms with van der Waals surface area (Å²) in [7, 11) is 0. The first kappa shape index (κ1) is 37.1. The summed E-state index contributed by atoms with van der Waals surface area (Å²) >= 11 is 12.0. The smallest absolute Gasteiger partial charge is 0.128 e. The van der Waals surface area contributed by atoms with Gasteiger partial charge in [-0.05, 0) is 111 Å². The third-order valence-electron chi connectivity index (χ3n) is 11.9. The van der Waals surface area contributed by atoms with E-state index >= 15 is 0 Å². The minimum absolute atomic E-state index is 0.577. The van der Waals surface area contributed by atoms with E-state index in [0.717, 1.165) is 137 Å². The van der Waals surface area contributed by atoms with E-state index < -0.39 is 11.2 Å². The molecule has 2 aromatic carbocycles. The Bertz CT molecular complexity index is 1540. The maximum atomic E-state index is 11.1. The van der Waals surface area contributed by atoms with Crippen LogP contribution in [0.1, 0.15) is 62.5 Å². The molecule has 4 aromatic rings. The number of halogens is 2. The summed E-state index contributed by atoms with van der Waals surface area (Å²) in [6, 6.07) is 28.7. The predicted molar refractivity (Wildman–Crippen MR) is 211 cm³/mol. The molecule has 52 heavy (non-hydrogen) atoms. The predicted octanol–water partition coefficient (Wildman–Crippen LogP) is 7.37. The Morgan fingerprint density at radius 2 is 0.827 bits per heavy atom. The van der Waals surface area contributed by atoms with Gasteiger partial charge in [-0.2, -0.15) is 0 Å². The molecule has 0 unspecified atom stereocenters. The van der Waals surface area contributed by atoms with Crippen molar-refractivity contribution in [2.45, 2.75) is 74.7 Å². The van der Waals surface area contributed by atoms with E-state index in [2.05, 4.69) is 41.7 Å². The minimum Gasteiger partial charge on any atom is -0.385 e. The first-order chi connectivity index (χ1) is 25.3. The monoisotopic (exact) mass is 742 g/mol. The second kappa shape index (κ2) is 16.8. The third-order valence-corrected chi connectivity index (χ3v) is 12.4. The van der Waals surface area contributed by atoms with Crippen molar-refractivity contribution < 1.29 is 10.2 Å². The number of benzene rings is 2. The van der Waals surface area contributed by atoms with Gasteiger partial charge < -0.3 is 20.0 Å². The van der Waals surface area contributed by atoms with Crippen molar-refractivity contribution in [3.63, 3.8) is 0 Å². The molecule has 276 valence electrons. The highest BCUT2D eigenvalue weighted by Gasteiger charge is 2.38.